The van der Waals surface area contributed by atoms with Crippen LogP contribution in [0, 0.1) is 20.8 Å². The number of nitrogens with zero attached hydrogens (tertiary/aromatic N) is 4. The van der Waals surface area contributed by atoms with E-state index in [1.807, 2.05) is 43.7 Å². The second-order valence-corrected chi connectivity index (χ2v) is 7.86. The van der Waals surface area contributed by atoms with E-state index >= 15 is 0 Å². The first kappa shape index (κ1) is 19.6. The summed E-state index contributed by atoms with van der Waals surface area (Å²) in [6.45, 7) is 6.66. The largest absolute Gasteiger partial charge is 0.322 e. The Labute approximate surface area is 167 Å². The number of nitrogens with one attached hydrogen (secondary N) is 1. The van der Waals surface area contributed by atoms with Crippen LogP contribution in [0.1, 0.15) is 28.3 Å². The van der Waals surface area contributed by atoms with Crippen molar-refractivity contribution in [3.63, 3.8) is 0 Å². The van der Waals surface area contributed by atoms with Crippen LogP contribution >= 0.6 is 23.5 Å². The molecule has 3 rings (SSSR count). The third kappa shape index (κ3) is 5.17. The molecule has 0 atom stereocenters. The molecule has 0 aliphatic carbocycles. The maximum atomic E-state index is 12.3. The van der Waals surface area contributed by atoms with Gasteiger partial charge in [0.05, 0.1) is 45.9 Å². The molecule has 2 aromatic heterocycles. The van der Waals surface area contributed by atoms with Gasteiger partial charge in [-0.2, -0.15) is 13.8 Å². The van der Waals surface area contributed by atoms with Crippen LogP contribution in [0.2, 0.25) is 0 Å². The van der Waals surface area contributed by atoms with Crippen LogP contribution in [0.25, 0.3) is 0 Å². The number of carbonyl (C=O) groups is 1. The number of aromatic nitrogens is 4. The highest BCUT2D eigenvalue weighted by atomic mass is 32.2. The molecule has 0 fully saturated rings. The van der Waals surface area contributed by atoms with Gasteiger partial charge in [0.1, 0.15) is 0 Å². The van der Waals surface area contributed by atoms with Crippen molar-refractivity contribution in [3.05, 3.63) is 58.7 Å². The highest BCUT2D eigenvalue weighted by Gasteiger charge is 2.14. The zero-order valence-corrected chi connectivity index (χ0v) is 17.4. The molecule has 1 amide bonds. The lowest BCUT2D eigenvalue weighted by molar-refractivity contribution is -0.113. The van der Waals surface area contributed by atoms with Gasteiger partial charge in [-0.3, -0.25) is 9.48 Å². The molecule has 0 saturated heterocycles. The van der Waals surface area contributed by atoms with Gasteiger partial charge >= 0.3 is 0 Å². The van der Waals surface area contributed by atoms with Crippen LogP contribution in [0.3, 0.4) is 0 Å². The van der Waals surface area contributed by atoms with Gasteiger partial charge in [0.25, 0.3) is 0 Å². The van der Waals surface area contributed by atoms with Crippen molar-refractivity contribution in [1.82, 2.24) is 18.5 Å². The number of thioether (sulfide) groups is 1. The highest BCUT2D eigenvalue weighted by molar-refractivity contribution is 7.99. The molecule has 6 nitrogen and oxygen atoms in total. The van der Waals surface area contributed by atoms with Crippen molar-refractivity contribution in [1.29, 1.82) is 0 Å². The quantitative estimate of drug-likeness (QED) is 0.622. The smallest absolute Gasteiger partial charge is 0.234 e. The predicted octanol–water partition coefficient (Wildman–Crippen LogP) is 3.77. The molecule has 0 aliphatic rings. The Bertz CT molecular complexity index is 904. The second-order valence-electron chi connectivity index (χ2n) is 6.34. The number of rotatable bonds is 8. The first-order valence-electron chi connectivity index (χ1n) is 8.78. The van der Waals surface area contributed by atoms with Gasteiger partial charge in [0.2, 0.25) is 5.91 Å². The third-order valence-corrected chi connectivity index (χ3v) is 5.92. The molecule has 27 heavy (non-hydrogen) atoms. The predicted molar refractivity (Wildman–Crippen MR) is 111 cm³/mol. The Morgan fingerprint density at radius 3 is 2.63 bits per heavy atom. The van der Waals surface area contributed by atoms with Gasteiger partial charge in [0.15, 0.2) is 0 Å². The van der Waals surface area contributed by atoms with Crippen molar-refractivity contribution >= 4 is 35.1 Å². The molecule has 0 spiro atoms. The van der Waals surface area contributed by atoms with E-state index in [9.17, 15) is 4.79 Å². The topological polar surface area (TPSA) is 72.7 Å². The summed E-state index contributed by atoms with van der Waals surface area (Å²) in [6.07, 6.45) is 0.910. The number of aryl methyl sites for hydroxylation is 4. The van der Waals surface area contributed by atoms with Crippen LogP contribution < -0.4 is 5.32 Å². The standard InChI is InChI=1S/C19H23N5OS2/c1-13-17(23-27-22-13)11-26-12-18(25)20-19-14(2)21-24(15(19)3)10-9-16-7-5-4-6-8-16/h4-8H,9-12H2,1-3H3,(H,20,25). The summed E-state index contributed by atoms with van der Waals surface area (Å²) < 4.78 is 10.4. The molecule has 0 radical (unpaired) electrons. The number of carbonyl (C=O) groups excluding carboxylic acids is 1. The molecule has 8 heteroatoms. The number of amides is 1. The Morgan fingerprint density at radius 1 is 1.15 bits per heavy atom. The molecule has 3 aromatic rings. The van der Waals surface area contributed by atoms with E-state index in [0.717, 1.165) is 41.4 Å². The van der Waals surface area contributed by atoms with Gasteiger partial charge in [0, 0.05) is 12.3 Å². The van der Waals surface area contributed by atoms with E-state index in [4.69, 9.17) is 0 Å². The van der Waals surface area contributed by atoms with E-state index in [2.05, 4.69) is 31.3 Å². The molecule has 0 bridgehead atoms. The highest BCUT2D eigenvalue weighted by Crippen LogP contribution is 2.21. The molecule has 1 N–H and O–H groups in total. The van der Waals surface area contributed by atoms with Crippen LogP contribution in [-0.4, -0.2) is 30.2 Å². The van der Waals surface area contributed by atoms with E-state index in [0.29, 0.717) is 11.5 Å². The number of hydrogen-bond donors (Lipinski definition) is 1. The Balaban J connectivity index is 1.54. The van der Waals surface area contributed by atoms with E-state index in [-0.39, 0.29) is 5.91 Å². The number of anilines is 1. The van der Waals surface area contributed by atoms with Crippen molar-refractivity contribution < 1.29 is 4.79 Å². The molecule has 0 aliphatic heterocycles. The first-order chi connectivity index (χ1) is 13.0. The minimum absolute atomic E-state index is 0.0188. The monoisotopic (exact) mass is 401 g/mol. The fourth-order valence-electron chi connectivity index (χ4n) is 2.77. The molecular formula is C19H23N5OS2. The van der Waals surface area contributed by atoms with Crippen LogP contribution in [0.4, 0.5) is 5.69 Å². The maximum Gasteiger partial charge on any atom is 0.234 e. The fraction of sp³-hybridized carbons (Fsp3) is 0.368. The molecule has 142 valence electrons. The van der Waals surface area contributed by atoms with Gasteiger partial charge in [-0.05, 0) is 32.8 Å². The lowest BCUT2D eigenvalue weighted by atomic mass is 10.1. The van der Waals surface area contributed by atoms with Gasteiger partial charge in [-0.1, -0.05) is 30.3 Å². The average molecular weight is 402 g/mol. The van der Waals surface area contributed by atoms with Crippen molar-refractivity contribution in [3.8, 4) is 0 Å². The van der Waals surface area contributed by atoms with Crippen LogP contribution in [0.15, 0.2) is 30.3 Å². The first-order valence-corrected chi connectivity index (χ1v) is 10.7. The summed E-state index contributed by atoms with van der Waals surface area (Å²) in [5.41, 5.74) is 5.83. The van der Waals surface area contributed by atoms with Gasteiger partial charge in [-0.25, -0.2) is 0 Å². The van der Waals surface area contributed by atoms with Gasteiger partial charge < -0.3 is 5.32 Å². The maximum absolute atomic E-state index is 12.3. The van der Waals surface area contributed by atoms with Crippen molar-refractivity contribution in [2.75, 3.05) is 11.1 Å². The Hall–Kier alpha value is -2.19. The number of benzene rings is 1. The fourth-order valence-corrected chi connectivity index (χ4v) is 4.24. The second kappa shape index (κ2) is 9.14. The summed E-state index contributed by atoms with van der Waals surface area (Å²) in [6, 6.07) is 10.3. The van der Waals surface area contributed by atoms with Crippen LogP contribution in [0.5, 0.6) is 0 Å². The molecule has 1 aromatic carbocycles. The normalized spacial score (nSPS) is 10.9. The zero-order valence-electron chi connectivity index (χ0n) is 15.7. The molecular weight excluding hydrogens is 378 g/mol. The minimum atomic E-state index is -0.0188. The van der Waals surface area contributed by atoms with Crippen molar-refractivity contribution in [2.45, 2.75) is 39.5 Å². The number of hydrogen-bond acceptors (Lipinski definition) is 6. The van der Waals surface area contributed by atoms with Crippen molar-refractivity contribution in [2.24, 2.45) is 0 Å². The van der Waals surface area contributed by atoms with Crippen LogP contribution in [-0.2, 0) is 23.5 Å². The average Bonchev–Trinajstić information content (AvgIpc) is 3.19. The lowest BCUT2D eigenvalue weighted by Crippen LogP contribution is -2.15. The summed E-state index contributed by atoms with van der Waals surface area (Å²) >= 11 is 2.76. The minimum Gasteiger partial charge on any atom is -0.322 e. The van der Waals surface area contributed by atoms with E-state index in [1.54, 1.807) is 11.8 Å². The third-order valence-electron chi connectivity index (χ3n) is 4.32. The lowest BCUT2D eigenvalue weighted by Gasteiger charge is -2.07. The zero-order chi connectivity index (χ0) is 19.2. The molecule has 2 heterocycles. The van der Waals surface area contributed by atoms with Gasteiger partial charge in [-0.15, -0.1) is 11.8 Å². The summed E-state index contributed by atoms with van der Waals surface area (Å²) in [5, 5.41) is 7.60. The summed E-state index contributed by atoms with van der Waals surface area (Å²) in [4.78, 5) is 12.3. The SMILES string of the molecule is Cc1nsnc1CSCC(=O)Nc1c(C)nn(CCc2ccccc2)c1C. The van der Waals surface area contributed by atoms with E-state index in [1.165, 1.54) is 17.3 Å². The molecule has 0 unspecified atom stereocenters. The summed E-state index contributed by atoms with van der Waals surface area (Å²) in [7, 11) is 0. The van der Waals surface area contributed by atoms with E-state index < -0.39 is 0 Å². The summed E-state index contributed by atoms with van der Waals surface area (Å²) in [5.74, 6) is 1.06. The Morgan fingerprint density at radius 2 is 1.93 bits per heavy atom. The Kier molecular flexibility index (Phi) is 6.63. The molecule has 0 saturated carbocycles.